The van der Waals surface area contributed by atoms with Crippen LogP contribution in [0.25, 0.3) is 0 Å². The van der Waals surface area contributed by atoms with Gasteiger partial charge in [0.25, 0.3) is 5.91 Å². The van der Waals surface area contributed by atoms with Gasteiger partial charge in [-0.25, -0.2) is 4.98 Å². The van der Waals surface area contributed by atoms with E-state index >= 15 is 0 Å². The Balaban J connectivity index is 2.03. The Labute approximate surface area is 105 Å². The second kappa shape index (κ2) is 4.91. The first-order chi connectivity index (χ1) is 8.54. The molecule has 0 unspecified atom stereocenters. The van der Waals surface area contributed by atoms with E-state index in [1.165, 1.54) is 0 Å². The number of nitrogens with zero attached hydrogens (tertiary/aromatic N) is 1. The summed E-state index contributed by atoms with van der Waals surface area (Å²) in [6.07, 6.45) is 1.62. The molecule has 3 N–H and O–H groups in total. The van der Waals surface area contributed by atoms with Crippen LogP contribution in [0.2, 0.25) is 0 Å². The topological polar surface area (TPSA) is 81.2 Å². The number of oxazole rings is 1. The second-order valence-electron chi connectivity index (χ2n) is 4.18. The maximum absolute atomic E-state index is 11.9. The Hall–Kier alpha value is -2.30. The van der Waals surface area contributed by atoms with Crippen molar-refractivity contribution in [3.8, 4) is 0 Å². The zero-order chi connectivity index (χ0) is 13.1. The van der Waals surface area contributed by atoms with Crippen molar-refractivity contribution in [2.45, 2.75) is 20.4 Å². The van der Waals surface area contributed by atoms with Gasteiger partial charge >= 0.3 is 0 Å². The van der Waals surface area contributed by atoms with E-state index in [1.807, 2.05) is 13.0 Å². The fourth-order valence-electron chi connectivity index (χ4n) is 1.68. The van der Waals surface area contributed by atoms with Crippen LogP contribution < -0.4 is 11.1 Å². The summed E-state index contributed by atoms with van der Waals surface area (Å²) in [6, 6.07) is 5.24. The highest BCUT2D eigenvalue weighted by atomic mass is 16.4. The van der Waals surface area contributed by atoms with E-state index in [2.05, 4.69) is 10.3 Å². The van der Waals surface area contributed by atoms with Crippen LogP contribution in [0.15, 0.2) is 28.8 Å². The van der Waals surface area contributed by atoms with E-state index in [1.54, 1.807) is 25.3 Å². The van der Waals surface area contributed by atoms with Crippen LogP contribution in [-0.4, -0.2) is 10.9 Å². The van der Waals surface area contributed by atoms with E-state index < -0.39 is 0 Å². The minimum absolute atomic E-state index is 0.193. The number of hydrogen-bond donors (Lipinski definition) is 2. The molecule has 0 aliphatic rings. The van der Waals surface area contributed by atoms with Crippen molar-refractivity contribution < 1.29 is 9.21 Å². The lowest BCUT2D eigenvalue weighted by Gasteiger charge is -2.05. The quantitative estimate of drug-likeness (QED) is 0.808. The maximum Gasteiger partial charge on any atom is 0.251 e. The van der Waals surface area contributed by atoms with Crippen molar-refractivity contribution in [2.24, 2.45) is 0 Å². The molecule has 2 aromatic rings. The molecule has 5 heteroatoms. The number of amides is 1. The molecule has 1 amide bonds. The van der Waals surface area contributed by atoms with E-state index in [0.29, 0.717) is 17.1 Å². The summed E-state index contributed by atoms with van der Waals surface area (Å²) in [5.74, 6) is 1.02. The number of benzene rings is 1. The van der Waals surface area contributed by atoms with Crippen molar-refractivity contribution in [1.29, 1.82) is 0 Å². The second-order valence-corrected chi connectivity index (χ2v) is 4.18. The Morgan fingerprint density at radius 1 is 1.39 bits per heavy atom. The van der Waals surface area contributed by atoms with Crippen molar-refractivity contribution >= 4 is 11.6 Å². The van der Waals surface area contributed by atoms with Gasteiger partial charge in [-0.1, -0.05) is 0 Å². The summed E-state index contributed by atoms with van der Waals surface area (Å²) >= 11 is 0. The zero-order valence-corrected chi connectivity index (χ0v) is 10.4. The van der Waals surface area contributed by atoms with Crippen LogP contribution in [0.3, 0.4) is 0 Å². The molecule has 1 aromatic carbocycles. The van der Waals surface area contributed by atoms with Gasteiger partial charge in [-0.3, -0.25) is 4.79 Å². The van der Waals surface area contributed by atoms with Crippen LogP contribution in [0.4, 0.5) is 5.69 Å². The van der Waals surface area contributed by atoms with Crippen LogP contribution in [0.5, 0.6) is 0 Å². The average molecular weight is 245 g/mol. The number of aromatic nitrogens is 1. The molecule has 5 nitrogen and oxygen atoms in total. The molecule has 1 aromatic heterocycles. The third-order valence-corrected chi connectivity index (χ3v) is 2.43. The molecule has 0 bridgehead atoms. The van der Waals surface area contributed by atoms with Crippen LogP contribution in [0, 0.1) is 13.8 Å². The Morgan fingerprint density at radius 2 is 2.17 bits per heavy atom. The molecule has 0 spiro atoms. The van der Waals surface area contributed by atoms with Gasteiger partial charge in [0.15, 0.2) is 0 Å². The van der Waals surface area contributed by atoms with Gasteiger partial charge in [-0.15, -0.1) is 0 Å². The number of aryl methyl sites for hydroxylation is 2. The van der Waals surface area contributed by atoms with Gasteiger partial charge in [0.2, 0.25) is 5.89 Å². The maximum atomic E-state index is 11.9. The molecule has 0 atom stereocenters. The molecule has 0 aliphatic heterocycles. The van der Waals surface area contributed by atoms with Crippen LogP contribution in [-0.2, 0) is 6.54 Å². The number of nitrogens with two attached hydrogens (primary N) is 1. The summed E-state index contributed by atoms with van der Waals surface area (Å²) in [4.78, 5) is 15.9. The first kappa shape index (κ1) is 12.2. The normalized spacial score (nSPS) is 10.3. The summed E-state index contributed by atoms with van der Waals surface area (Å²) in [7, 11) is 0. The third-order valence-electron chi connectivity index (χ3n) is 2.43. The van der Waals surface area contributed by atoms with E-state index in [-0.39, 0.29) is 12.5 Å². The fourth-order valence-corrected chi connectivity index (χ4v) is 1.68. The van der Waals surface area contributed by atoms with Gasteiger partial charge < -0.3 is 15.5 Å². The number of carbonyl (C=O) groups is 1. The average Bonchev–Trinajstić information content (AvgIpc) is 2.70. The Bertz CT molecular complexity index is 555. The number of rotatable bonds is 3. The van der Waals surface area contributed by atoms with Gasteiger partial charge in [-0.05, 0) is 37.6 Å². The number of carbonyl (C=O) groups excluding carboxylic acids is 1. The van der Waals surface area contributed by atoms with E-state index in [0.717, 1.165) is 11.3 Å². The number of nitrogen functional groups attached to an aromatic ring is 1. The zero-order valence-electron chi connectivity index (χ0n) is 10.4. The highest BCUT2D eigenvalue weighted by molar-refractivity contribution is 5.95. The van der Waals surface area contributed by atoms with Crippen molar-refractivity contribution in [3.05, 3.63) is 47.2 Å². The molecule has 2 rings (SSSR count). The van der Waals surface area contributed by atoms with Crippen molar-refractivity contribution in [1.82, 2.24) is 10.3 Å². The smallest absolute Gasteiger partial charge is 0.251 e. The molecule has 1 heterocycles. The molecule has 0 saturated heterocycles. The van der Waals surface area contributed by atoms with Gasteiger partial charge in [0.05, 0.1) is 12.7 Å². The minimum atomic E-state index is -0.193. The predicted molar refractivity (Wildman–Crippen MR) is 68.0 cm³/mol. The summed E-state index contributed by atoms with van der Waals surface area (Å²) in [5, 5.41) is 2.73. The standard InChI is InChI=1S/C13H15N3O2/c1-8-3-10(5-11(14)4-8)13(17)16-7-12-15-6-9(2)18-12/h3-6H,7,14H2,1-2H3,(H,16,17). The summed E-state index contributed by atoms with van der Waals surface area (Å²) < 4.78 is 5.27. The molecule has 18 heavy (non-hydrogen) atoms. The summed E-state index contributed by atoms with van der Waals surface area (Å²) in [6.45, 7) is 3.96. The summed E-state index contributed by atoms with van der Waals surface area (Å²) in [5.41, 5.74) is 7.76. The van der Waals surface area contributed by atoms with Gasteiger partial charge in [-0.2, -0.15) is 0 Å². The Morgan fingerprint density at radius 3 is 2.78 bits per heavy atom. The van der Waals surface area contributed by atoms with Crippen LogP contribution in [0.1, 0.15) is 27.6 Å². The minimum Gasteiger partial charge on any atom is -0.444 e. The third kappa shape index (κ3) is 2.88. The molecular formula is C13H15N3O2. The molecule has 0 saturated carbocycles. The molecule has 94 valence electrons. The van der Waals surface area contributed by atoms with Crippen molar-refractivity contribution in [2.75, 3.05) is 5.73 Å². The van der Waals surface area contributed by atoms with Crippen molar-refractivity contribution in [3.63, 3.8) is 0 Å². The molecule has 0 aliphatic carbocycles. The monoisotopic (exact) mass is 245 g/mol. The number of hydrogen-bond acceptors (Lipinski definition) is 4. The highest BCUT2D eigenvalue weighted by Gasteiger charge is 2.08. The molecule has 0 radical (unpaired) electrons. The van der Waals surface area contributed by atoms with Gasteiger partial charge in [0.1, 0.15) is 5.76 Å². The lowest BCUT2D eigenvalue weighted by atomic mass is 10.1. The van der Waals surface area contributed by atoms with Crippen LogP contribution >= 0.6 is 0 Å². The Kier molecular flexibility index (Phi) is 3.32. The highest BCUT2D eigenvalue weighted by Crippen LogP contribution is 2.11. The first-order valence-electron chi connectivity index (χ1n) is 5.61. The first-order valence-corrected chi connectivity index (χ1v) is 5.61. The molecular weight excluding hydrogens is 230 g/mol. The predicted octanol–water partition coefficient (Wildman–Crippen LogP) is 1.80. The lowest BCUT2D eigenvalue weighted by Crippen LogP contribution is -2.23. The van der Waals surface area contributed by atoms with Gasteiger partial charge in [0, 0.05) is 11.3 Å². The number of anilines is 1. The molecule has 0 fully saturated rings. The largest absolute Gasteiger partial charge is 0.444 e. The SMILES string of the molecule is Cc1cc(N)cc(C(=O)NCc2ncc(C)o2)c1. The van der Waals surface area contributed by atoms with E-state index in [4.69, 9.17) is 10.2 Å². The number of nitrogens with one attached hydrogen (secondary N) is 1. The van der Waals surface area contributed by atoms with E-state index in [9.17, 15) is 4.79 Å². The fraction of sp³-hybridized carbons (Fsp3) is 0.231. The lowest BCUT2D eigenvalue weighted by molar-refractivity contribution is 0.0947.